The quantitative estimate of drug-likeness (QED) is 0.791. The van der Waals surface area contributed by atoms with Gasteiger partial charge in [-0.2, -0.15) is 0 Å². The monoisotopic (exact) mass is 358 g/mol. The molecule has 2 aliphatic rings. The van der Waals surface area contributed by atoms with Gasteiger partial charge in [0, 0.05) is 31.1 Å². The molecule has 1 N–H and O–H groups in total. The number of ether oxygens (including phenoxy) is 1. The lowest BCUT2D eigenvalue weighted by Gasteiger charge is -2.31. The highest BCUT2D eigenvalue weighted by atomic mass is 16.5. The van der Waals surface area contributed by atoms with E-state index in [9.17, 15) is 14.4 Å². The first kappa shape index (κ1) is 18.4. The summed E-state index contributed by atoms with van der Waals surface area (Å²) in [6.45, 7) is 3.71. The molecule has 1 aliphatic carbocycles. The Morgan fingerprint density at radius 3 is 2.50 bits per heavy atom. The Morgan fingerprint density at radius 1 is 1.12 bits per heavy atom. The molecule has 140 valence electrons. The molecule has 3 rings (SSSR count). The number of nitrogens with one attached hydrogen (secondary N) is 1. The van der Waals surface area contributed by atoms with Crippen LogP contribution in [0.25, 0.3) is 0 Å². The minimum Gasteiger partial charge on any atom is -0.466 e. The van der Waals surface area contributed by atoms with Crippen molar-refractivity contribution in [1.29, 1.82) is 0 Å². The molecule has 1 atom stereocenters. The third-order valence-corrected chi connectivity index (χ3v) is 4.94. The van der Waals surface area contributed by atoms with Crippen molar-refractivity contribution in [3.63, 3.8) is 0 Å². The number of hydrogen-bond acceptors (Lipinski definition) is 4. The summed E-state index contributed by atoms with van der Waals surface area (Å²) < 4.78 is 5.09. The number of piperidine rings is 1. The topological polar surface area (TPSA) is 75.7 Å². The lowest BCUT2D eigenvalue weighted by Crippen LogP contribution is -2.42. The zero-order valence-electron chi connectivity index (χ0n) is 15.2. The van der Waals surface area contributed by atoms with Crippen LogP contribution < -0.4 is 5.32 Å². The van der Waals surface area contributed by atoms with Crippen molar-refractivity contribution in [3.8, 4) is 0 Å². The molecule has 1 saturated heterocycles. The molecule has 26 heavy (non-hydrogen) atoms. The maximum atomic E-state index is 12.7. The van der Waals surface area contributed by atoms with Crippen LogP contribution in [0.1, 0.15) is 48.5 Å². The van der Waals surface area contributed by atoms with Gasteiger partial charge in [-0.15, -0.1) is 0 Å². The predicted octanol–water partition coefficient (Wildman–Crippen LogP) is 2.13. The molecule has 6 heteroatoms. The molecule has 1 unspecified atom stereocenters. The molecule has 2 amide bonds. The van der Waals surface area contributed by atoms with Crippen LogP contribution in [0.2, 0.25) is 0 Å². The van der Waals surface area contributed by atoms with Crippen molar-refractivity contribution < 1.29 is 19.1 Å². The van der Waals surface area contributed by atoms with Crippen molar-refractivity contribution in [2.24, 2.45) is 11.8 Å². The highest BCUT2D eigenvalue weighted by molar-refractivity contribution is 5.94. The van der Waals surface area contributed by atoms with E-state index in [2.05, 4.69) is 5.32 Å². The largest absolute Gasteiger partial charge is 0.466 e. The molecule has 0 bridgehead atoms. The van der Waals surface area contributed by atoms with Crippen LogP contribution in [0.15, 0.2) is 24.3 Å². The summed E-state index contributed by atoms with van der Waals surface area (Å²) in [5, 5.41) is 2.92. The maximum absolute atomic E-state index is 12.7. The van der Waals surface area contributed by atoms with Gasteiger partial charge in [0.1, 0.15) is 0 Å². The fourth-order valence-corrected chi connectivity index (χ4v) is 3.24. The molecular weight excluding hydrogens is 332 g/mol. The normalized spacial score (nSPS) is 19.7. The minimum absolute atomic E-state index is 0.0624. The zero-order valence-corrected chi connectivity index (χ0v) is 15.2. The van der Waals surface area contributed by atoms with Crippen LogP contribution in [0.4, 0.5) is 0 Å². The van der Waals surface area contributed by atoms with E-state index >= 15 is 0 Å². The highest BCUT2D eigenvalue weighted by Gasteiger charge is 2.30. The molecule has 0 spiro atoms. The van der Waals surface area contributed by atoms with Gasteiger partial charge in [0.2, 0.25) is 5.91 Å². The fraction of sp³-hybridized carbons (Fsp3) is 0.550. The molecule has 0 radical (unpaired) electrons. The van der Waals surface area contributed by atoms with Gasteiger partial charge in [-0.3, -0.25) is 14.4 Å². The Morgan fingerprint density at radius 2 is 1.85 bits per heavy atom. The van der Waals surface area contributed by atoms with Gasteiger partial charge in [0.25, 0.3) is 5.91 Å². The fourth-order valence-electron chi connectivity index (χ4n) is 3.24. The number of benzene rings is 1. The minimum atomic E-state index is -0.232. The van der Waals surface area contributed by atoms with Crippen LogP contribution in [-0.4, -0.2) is 42.4 Å². The van der Waals surface area contributed by atoms with Crippen molar-refractivity contribution in [3.05, 3.63) is 35.4 Å². The Kier molecular flexibility index (Phi) is 5.91. The number of rotatable bonds is 6. The van der Waals surface area contributed by atoms with Crippen molar-refractivity contribution in [2.75, 3.05) is 19.7 Å². The molecular formula is C20H26N2O4. The zero-order chi connectivity index (χ0) is 18.5. The van der Waals surface area contributed by atoms with Crippen molar-refractivity contribution in [2.45, 2.75) is 39.2 Å². The van der Waals surface area contributed by atoms with E-state index in [-0.39, 0.29) is 29.6 Å². The van der Waals surface area contributed by atoms with Crippen molar-refractivity contribution in [1.82, 2.24) is 10.2 Å². The Balaban J connectivity index is 1.55. The van der Waals surface area contributed by atoms with Crippen LogP contribution in [0, 0.1) is 11.8 Å². The lowest BCUT2D eigenvalue weighted by atomic mass is 9.97. The SMILES string of the molecule is CCOC(=O)C1CCCN(C(=O)c2ccc(CNC(=O)C3CC3)cc2)C1. The number of nitrogens with zero attached hydrogens (tertiary/aromatic N) is 1. The average Bonchev–Trinajstić information content (AvgIpc) is 3.51. The first-order valence-corrected chi connectivity index (χ1v) is 9.41. The summed E-state index contributed by atoms with van der Waals surface area (Å²) in [6, 6.07) is 7.31. The second-order valence-corrected chi connectivity index (χ2v) is 7.03. The first-order chi connectivity index (χ1) is 12.6. The highest BCUT2D eigenvalue weighted by Crippen LogP contribution is 2.28. The van der Waals surface area contributed by atoms with Gasteiger partial charge >= 0.3 is 5.97 Å². The molecule has 1 aromatic carbocycles. The predicted molar refractivity (Wildman–Crippen MR) is 96.3 cm³/mol. The van der Waals surface area contributed by atoms with E-state index in [0.29, 0.717) is 31.8 Å². The van der Waals surface area contributed by atoms with E-state index in [1.165, 1.54) is 0 Å². The molecule has 0 aromatic heterocycles. The second-order valence-electron chi connectivity index (χ2n) is 7.03. The smallest absolute Gasteiger partial charge is 0.310 e. The van der Waals surface area contributed by atoms with E-state index < -0.39 is 0 Å². The van der Waals surface area contributed by atoms with Crippen LogP contribution >= 0.6 is 0 Å². The number of carbonyl (C=O) groups excluding carboxylic acids is 3. The number of esters is 1. The van der Waals surface area contributed by atoms with Crippen LogP contribution in [0.5, 0.6) is 0 Å². The first-order valence-electron chi connectivity index (χ1n) is 9.41. The summed E-state index contributed by atoms with van der Waals surface area (Å²) in [5.74, 6) is -0.199. The third-order valence-electron chi connectivity index (χ3n) is 4.94. The summed E-state index contributed by atoms with van der Waals surface area (Å²) in [6.07, 6.45) is 3.55. The molecule has 1 aliphatic heterocycles. The van der Waals surface area contributed by atoms with Crippen LogP contribution in [-0.2, 0) is 20.9 Å². The third kappa shape index (κ3) is 4.62. The summed E-state index contributed by atoms with van der Waals surface area (Å²) in [4.78, 5) is 38.1. The molecule has 1 saturated carbocycles. The average molecular weight is 358 g/mol. The molecule has 6 nitrogen and oxygen atoms in total. The molecule has 1 heterocycles. The Bertz CT molecular complexity index is 667. The van der Waals surface area contributed by atoms with Gasteiger partial charge in [-0.1, -0.05) is 12.1 Å². The maximum Gasteiger partial charge on any atom is 0.310 e. The van der Waals surface area contributed by atoms with Gasteiger partial charge < -0.3 is 15.0 Å². The Hall–Kier alpha value is -2.37. The lowest BCUT2D eigenvalue weighted by molar-refractivity contribution is -0.149. The number of amides is 2. The number of likely N-dealkylation sites (tertiary alicyclic amines) is 1. The molecule has 2 fully saturated rings. The second kappa shape index (κ2) is 8.34. The van der Waals surface area contributed by atoms with E-state index in [4.69, 9.17) is 4.74 Å². The molecule has 1 aromatic rings. The van der Waals surface area contributed by atoms with E-state index in [0.717, 1.165) is 31.2 Å². The van der Waals surface area contributed by atoms with Gasteiger partial charge in [-0.05, 0) is 50.3 Å². The van der Waals surface area contributed by atoms with Gasteiger partial charge in [0.15, 0.2) is 0 Å². The Labute approximate surface area is 153 Å². The summed E-state index contributed by atoms with van der Waals surface area (Å²) in [5.41, 5.74) is 1.57. The van der Waals surface area contributed by atoms with Gasteiger partial charge in [0.05, 0.1) is 12.5 Å². The number of hydrogen-bond donors (Lipinski definition) is 1. The van der Waals surface area contributed by atoms with Gasteiger partial charge in [-0.25, -0.2) is 0 Å². The number of carbonyl (C=O) groups is 3. The van der Waals surface area contributed by atoms with Crippen molar-refractivity contribution >= 4 is 17.8 Å². The van der Waals surface area contributed by atoms with Crippen LogP contribution in [0.3, 0.4) is 0 Å². The summed E-state index contributed by atoms with van der Waals surface area (Å²) >= 11 is 0. The van der Waals surface area contributed by atoms with E-state index in [1.807, 2.05) is 12.1 Å². The summed E-state index contributed by atoms with van der Waals surface area (Å²) in [7, 11) is 0. The van der Waals surface area contributed by atoms with E-state index in [1.54, 1.807) is 24.0 Å². The standard InChI is InChI=1S/C20H26N2O4/c1-2-26-20(25)17-4-3-11-22(13-17)19(24)16-7-5-14(6-8-16)12-21-18(23)15-9-10-15/h5-8,15,17H,2-4,9-13H2,1H3,(H,21,23).